The lowest BCUT2D eigenvalue weighted by Crippen LogP contribution is -2.29. The van der Waals surface area contributed by atoms with E-state index >= 15 is 0 Å². The first-order valence-corrected chi connectivity index (χ1v) is 9.09. The molecule has 3 aromatic rings. The molecule has 0 saturated carbocycles. The number of aryl methyl sites for hydroxylation is 1. The maximum atomic E-state index is 12.7. The Morgan fingerprint density at radius 1 is 1.21 bits per heavy atom. The molecule has 1 aromatic heterocycles. The SMILES string of the molecule is CCCCn1nc(C(=O)N/N=C\c2ccccc2[N+](=O)[O-])c2ccccc2c1=O. The fourth-order valence-electron chi connectivity index (χ4n) is 2.84. The normalized spacial score (nSPS) is 11.1. The summed E-state index contributed by atoms with van der Waals surface area (Å²) in [7, 11) is 0. The molecule has 0 saturated heterocycles. The van der Waals surface area contributed by atoms with Crippen molar-refractivity contribution in [2.45, 2.75) is 26.3 Å². The molecule has 0 aliphatic carbocycles. The number of nitro benzene ring substituents is 1. The highest BCUT2D eigenvalue weighted by molar-refractivity contribution is 6.05. The number of amides is 1. The minimum absolute atomic E-state index is 0.0658. The minimum atomic E-state index is -0.610. The monoisotopic (exact) mass is 393 g/mol. The highest BCUT2D eigenvalue weighted by Gasteiger charge is 2.16. The van der Waals surface area contributed by atoms with Gasteiger partial charge < -0.3 is 0 Å². The van der Waals surface area contributed by atoms with Crippen LogP contribution in [0.2, 0.25) is 0 Å². The summed E-state index contributed by atoms with van der Waals surface area (Å²) in [4.78, 5) is 35.8. The van der Waals surface area contributed by atoms with Crippen LogP contribution in [0.4, 0.5) is 5.69 Å². The molecule has 0 spiro atoms. The number of nitrogens with one attached hydrogen (secondary N) is 1. The lowest BCUT2D eigenvalue weighted by Gasteiger charge is -2.09. The van der Waals surface area contributed by atoms with Gasteiger partial charge in [-0.25, -0.2) is 10.1 Å². The third-order valence-corrected chi connectivity index (χ3v) is 4.31. The second kappa shape index (κ2) is 8.87. The molecule has 0 unspecified atom stereocenters. The molecule has 0 bridgehead atoms. The largest absolute Gasteiger partial charge is 0.292 e. The number of aromatic nitrogens is 2. The van der Waals surface area contributed by atoms with Crippen molar-refractivity contribution in [1.29, 1.82) is 0 Å². The second-order valence-corrected chi connectivity index (χ2v) is 6.29. The van der Waals surface area contributed by atoms with Crippen molar-refractivity contribution in [1.82, 2.24) is 15.2 Å². The predicted molar refractivity (Wildman–Crippen MR) is 109 cm³/mol. The van der Waals surface area contributed by atoms with Crippen molar-refractivity contribution in [3.05, 3.63) is 80.3 Å². The lowest BCUT2D eigenvalue weighted by atomic mass is 10.1. The summed E-state index contributed by atoms with van der Waals surface area (Å²) in [6.45, 7) is 2.40. The van der Waals surface area contributed by atoms with Crippen molar-refractivity contribution >= 4 is 28.6 Å². The Morgan fingerprint density at radius 3 is 2.62 bits per heavy atom. The molecule has 9 nitrogen and oxygen atoms in total. The van der Waals surface area contributed by atoms with Crippen LogP contribution in [0, 0.1) is 10.1 Å². The first-order valence-electron chi connectivity index (χ1n) is 9.09. The molecule has 0 fully saturated rings. The van der Waals surface area contributed by atoms with E-state index in [1.165, 1.54) is 23.0 Å². The number of nitro groups is 1. The number of rotatable bonds is 7. The number of nitrogens with zero attached hydrogens (tertiary/aromatic N) is 4. The molecular formula is C20H19N5O4. The van der Waals surface area contributed by atoms with Crippen molar-refractivity contribution in [3.8, 4) is 0 Å². The zero-order valence-corrected chi connectivity index (χ0v) is 15.7. The van der Waals surface area contributed by atoms with Crippen LogP contribution in [0.5, 0.6) is 0 Å². The van der Waals surface area contributed by atoms with Gasteiger partial charge in [-0.2, -0.15) is 10.2 Å². The van der Waals surface area contributed by atoms with E-state index in [4.69, 9.17) is 0 Å². The number of benzene rings is 2. The fraction of sp³-hybridized carbons (Fsp3) is 0.200. The Bertz CT molecular complexity index is 1150. The zero-order valence-electron chi connectivity index (χ0n) is 15.7. The number of unbranched alkanes of at least 4 members (excludes halogenated alkanes) is 1. The number of fused-ring (bicyclic) bond motifs is 1. The van der Waals surface area contributed by atoms with Crippen molar-refractivity contribution < 1.29 is 9.72 Å². The number of carbonyl (C=O) groups excluding carboxylic acids is 1. The Labute approximate surface area is 165 Å². The van der Waals surface area contributed by atoms with Gasteiger partial charge >= 0.3 is 0 Å². The van der Waals surface area contributed by atoms with Gasteiger partial charge in [0.25, 0.3) is 17.2 Å². The van der Waals surface area contributed by atoms with Crippen molar-refractivity contribution in [3.63, 3.8) is 0 Å². The Hall–Kier alpha value is -3.88. The van der Waals surface area contributed by atoms with Crippen LogP contribution < -0.4 is 11.0 Å². The van der Waals surface area contributed by atoms with E-state index in [0.717, 1.165) is 12.8 Å². The Morgan fingerprint density at radius 2 is 1.90 bits per heavy atom. The molecule has 0 aliphatic rings. The first-order chi connectivity index (χ1) is 14.0. The summed E-state index contributed by atoms with van der Waals surface area (Å²) in [5.74, 6) is -0.610. The lowest BCUT2D eigenvalue weighted by molar-refractivity contribution is -0.385. The predicted octanol–water partition coefficient (Wildman–Crippen LogP) is 2.87. The maximum absolute atomic E-state index is 12.7. The summed E-state index contributed by atoms with van der Waals surface area (Å²) in [6.07, 6.45) is 2.83. The van der Waals surface area contributed by atoms with Gasteiger partial charge in [0.05, 0.1) is 22.1 Å². The van der Waals surface area contributed by atoms with Gasteiger partial charge in [-0.1, -0.05) is 43.7 Å². The molecule has 9 heteroatoms. The van der Waals surface area contributed by atoms with E-state index < -0.39 is 10.8 Å². The number of hydrazone groups is 1. The highest BCUT2D eigenvalue weighted by atomic mass is 16.6. The molecule has 1 N–H and O–H groups in total. The van der Waals surface area contributed by atoms with E-state index in [0.29, 0.717) is 17.3 Å². The summed E-state index contributed by atoms with van der Waals surface area (Å²) in [5, 5.41) is 19.9. The molecule has 1 amide bonds. The van der Waals surface area contributed by atoms with E-state index in [2.05, 4.69) is 15.6 Å². The van der Waals surface area contributed by atoms with Gasteiger partial charge in [0.2, 0.25) is 0 Å². The van der Waals surface area contributed by atoms with Crippen LogP contribution in [0.1, 0.15) is 35.8 Å². The molecule has 29 heavy (non-hydrogen) atoms. The van der Waals surface area contributed by atoms with E-state index in [-0.39, 0.29) is 22.5 Å². The number of hydrogen-bond donors (Lipinski definition) is 1. The van der Waals surface area contributed by atoms with Gasteiger partial charge in [0.1, 0.15) is 0 Å². The molecule has 148 valence electrons. The minimum Gasteiger partial charge on any atom is -0.267 e. The number of hydrogen-bond acceptors (Lipinski definition) is 6. The van der Waals surface area contributed by atoms with Crippen LogP contribution in [0.3, 0.4) is 0 Å². The summed E-state index contributed by atoms with van der Waals surface area (Å²) >= 11 is 0. The molecule has 3 rings (SSSR count). The average Bonchev–Trinajstić information content (AvgIpc) is 2.73. The van der Waals surface area contributed by atoms with Gasteiger partial charge in [-0.05, 0) is 18.6 Å². The van der Waals surface area contributed by atoms with Gasteiger partial charge in [0.15, 0.2) is 5.69 Å². The number of carbonyl (C=O) groups is 1. The van der Waals surface area contributed by atoms with Gasteiger partial charge in [-0.15, -0.1) is 0 Å². The average molecular weight is 393 g/mol. The summed E-state index contributed by atoms with van der Waals surface area (Å²) in [5.41, 5.74) is 2.28. The van der Waals surface area contributed by atoms with E-state index in [1.807, 2.05) is 6.92 Å². The Balaban J connectivity index is 1.92. The molecule has 2 aromatic carbocycles. The van der Waals surface area contributed by atoms with Crippen LogP contribution in [-0.4, -0.2) is 26.8 Å². The van der Waals surface area contributed by atoms with E-state index in [1.54, 1.807) is 36.4 Å². The van der Waals surface area contributed by atoms with E-state index in [9.17, 15) is 19.7 Å². The van der Waals surface area contributed by atoms with Crippen molar-refractivity contribution in [2.24, 2.45) is 5.10 Å². The zero-order chi connectivity index (χ0) is 20.8. The molecule has 0 atom stereocenters. The molecule has 1 heterocycles. The van der Waals surface area contributed by atoms with Crippen LogP contribution in [0.15, 0.2) is 58.4 Å². The maximum Gasteiger partial charge on any atom is 0.292 e. The van der Waals surface area contributed by atoms with Gasteiger partial charge in [0, 0.05) is 18.0 Å². The molecule has 0 aliphatic heterocycles. The molecular weight excluding hydrogens is 374 g/mol. The van der Waals surface area contributed by atoms with Crippen molar-refractivity contribution in [2.75, 3.05) is 0 Å². The third kappa shape index (κ3) is 4.34. The Kier molecular flexibility index (Phi) is 6.08. The number of para-hydroxylation sites is 1. The first kappa shape index (κ1) is 19.9. The molecule has 0 radical (unpaired) electrons. The van der Waals surface area contributed by atoms with Crippen LogP contribution in [-0.2, 0) is 6.54 Å². The standard InChI is InChI=1S/C20H19N5O4/c1-2-3-12-24-20(27)16-10-6-5-9-15(16)18(23-24)19(26)22-21-13-14-8-4-7-11-17(14)25(28)29/h4-11,13H,2-3,12H2,1H3,(H,22,26)/b21-13-. The quantitative estimate of drug-likeness (QED) is 0.376. The summed E-state index contributed by atoms with van der Waals surface area (Å²) < 4.78 is 1.28. The fourth-order valence-corrected chi connectivity index (χ4v) is 2.84. The highest BCUT2D eigenvalue weighted by Crippen LogP contribution is 2.16. The third-order valence-electron chi connectivity index (χ3n) is 4.31. The van der Waals surface area contributed by atoms with Crippen LogP contribution in [0.25, 0.3) is 10.8 Å². The van der Waals surface area contributed by atoms with Crippen LogP contribution >= 0.6 is 0 Å². The summed E-state index contributed by atoms with van der Waals surface area (Å²) in [6, 6.07) is 12.8. The second-order valence-electron chi connectivity index (χ2n) is 6.29. The smallest absolute Gasteiger partial charge is 0.267 e. The topological polar surface area (TPSA) is 119 Å². The van der Waals surface area contributed by atoms with Gasteiger partial charge in [-0.3, -0.25) is 19.7 Å².